The van der Waals surface area contributed by atoms with Crippen molar-refractivity contribution in [2.75, 3.05) is 0 Å². The molecular formula is C27H26BrClN4O. The van der Waals surface area contributed by atoms with Gasteiger partial charge in [-0.25, -0.2) is 4.98 Å². The second-order valence-corrected chi connectivity index (χ2v) is 10.3. The van der Waals surface area contributed by atoms with Gasteiger partial charge in [0, 0.05) is 38.1 Å². The van der Waals surface area contributed by atoms with Crippen molar-refractivity contribution in [3.8, 4) is 5.69 Å². The van der Waals surface area contributed by atoms with Gasteiger partial charge in [0.05, 0.1) is 17.1 Å². The normalized spacial score (nSPS) is 14.9. The zero-order valence-electron chi connectivity index (χ0n) is 19.3. The highest BCUT2D eigenvalue weighted by Gasteiger charge is 2.22. The Morgan fingerprint density at radius 2 is 1.88 bits per heavy atom. The highest BCUT2D eigenvalue weighted by molar-refractivity contribution is 9.10. The number of fused-ring (bicyclic) bond motifs is 1. The third-order valence-electron chi connectivity index (χ3n) is 6.65. The van der Waals surface area contributed by atoms with Crippen molar-refractivity contribution < 1.29 is 0 Å². The van der Waals surface area contributed by atoms with Gasteiger partial charge in [-0.15, -0.1) is 0 Å². The summed E-state index contributed by atoms with van der Waals surface area (Å²) in [7, 11) is 0. The van der Waals surface area contributed by atoms with Crippen molar-refractivity contribution in [1.82, 2.24) is 14.2 Å². The maximum Gasteiger partial charge on any atom is 0.282 e. The molecular weight excluding hydrogens is 512 g/mol. The van der Waals surface area contributed by atoms with Gasteiger partial charge in [-0.05, 0) is 69.2 Å². The van der Waals surface area contributed by atoms with Crippen molar-refractivity contribution in [3.05, 3.63) is 91.2 Å². The molecule has 2 aromatic carbocycles. The molecule has 4 aromatic rings. The van der Waals surface area contributed by atoms with Crippen molar-refractivity contribution in [2.24, 2.45) is 5.10 Å². The van der Waals surface area contributed by atoms with Crippen LogP contribution >= 0.6 is 27.5 Å². The van der Waals surface area contributed by atoms with E-state index >= 15 is 0 Å². The van der Waals surface area contributed by atoms with Crippen LogP contribution in [-0.2, 0) is 0 Å². The summed E-state index contributed by atoms with van der Waals surface area (Å²) < 4.78 is 4.52. The largest absolute Gasteiger partial charge is 0.318 e. The van der Waals surface area contributed by atoms with E-state index < -0.39 is 0 Å². The quantitative estimate of drug-likeness (QED) is 0.260. The van der Waals surface area contributed by atoms with Crippen LogP contribution in [0.25, 0.3) is 16.6 Å². The molecule has 5 rings (SSSR count). The minimum Gasteiger partial charge on any atom is -0.318 e. The molecule has 0 atom stereocenters. The molecule has 7 heteroatoms. The molecule has 1 fully saturated rings. The van der Waals surface area contributed by atoms with Gasteiger partial charge in [-0.3, -0.25) is 4.79 Å². The van der Waals surface area contributed by atoms with Crippen molar-refractivity contribution in [2.45, 2.75) is 51.9 Å². The lowest BCUT2D eigenvalue weighted by molar-refractivity contribution is 0.416. The molecule has 1 aliphatic carbocycles. The maximum atomic E-state index is 13.5. The Hall–Kier alpha value is -2.70. The Balaban J connectivity index is 1.62. The van der Waals surface area contributed by atoms with Gasteiger partial charge in [-0.1, -0.05) is 52.9 Å². The fraction of sp³-hybridized carbons (Fsp3) is 0.296. The van der Waals surface area contributed by atoms with Gasteiger partial charge in [0.2, 0.25) is 0 Å². The van der Waals surface area contributed by atoms with Crippen LogP contribution in [0, 0.1) is 13.8 Å². The van der Waals surface area contributed by atoms with E-state index in [4.69, 9.17) is 21.7 Å². The summed E-state index contributed by atoms with van der Waals surface area (Å²) in [5.74, 6) is 1.00. The van der Waals surface area contributed by atoms with Gasteiger partial charge in [0.1, 0.15) is 5.82 Å². The maximum absolute atomic E-state index is 13.5. The topological polar surface area (TPSA) is 52.2 Å². The average Bonchev–Trinajstić information content (AvgIpc) is 3.12. The minimum absolute atomic E-state index is 0.133. The molecule has 5 nitrogen and oxygen atoms in total. The molecule has 34 heavy (non-hydrogen) atoms. The first-order chi connectivity index (χ1) is 16.4. The Bertz CT molecular complexity index is 1460. The van der Waals surface area contributed by atoms with Gasteiger partial charge in [0.25, 0.3) is 5.56 Å². The molecule has 0 saturated heterocycles. The van der Waals surface area contributed by atoms with E-state index in [-0.39, 0.29) is 11.5 Å². The second-order valence-electron chi connectivity index (χ2n) is 8.97. The fourth-order valence-electron chi connectivity index (χ4n) is 4.95. The Kier molecular flexibility index (Phi) is 6.45. The SMILES string of the molecule is Cc1cc(C=Nn2c(C3CCCCC3)nc3ccc(Br)cc3c2=O)c(C)n1-c1cccc(Cl)c1. The number of nitrogens with zero attached hydrogens (tertiary/aromatic N) is 4. The monoisotopic (exact) mass is 536 g/mol. The van der Waals surface area contributed by atoms with Crippen LogP contribution in [0.3, 0.4) is 0 Å². The zero-order valence-corrected chi connectivity index (χ0v) is 21.6. The smallest absolute Gasteiger partial charge is 0.282 e. The van der Waals surface area contributed by atoms with Gasteiger partial charge >= 0.3 is 0 Å². The summed E-state index contributed by atoms with van der Waals surface area (Å²) >= 11 is 9.71. The third-order valence-corrected chi connectivity index (χ3v) is 7.38. The van der Waals surface area contributed by atoms with Gasteiger partial charge in [-0.2, -0.15) is 9.78 Å². The number of rotatable bonds is 4. The van der Waals surface area contributed by atoms with Crippen LogP contribution in [0.2, 0.25) is 5.02 Å². The van der Waals surface area contributed by atoms with Crippen LogP contribution in [0.15, 0.2) is 62.9 Å². The summed E-state index contributed by atoms with van der Waals surface area (Å²) in [5.41, 5.74) is 4.65. The third kappa shape index (κ3) is 4.37. The van der Waals surface area contributed by atoms with E-state index in [2.05, 4.69) is 40.4 Å². The fourth-order valence-corrected chi connectivity index (χ4v) is 5.50. The van der Waals surface area contributed by atoms with E-state index in [0.717, 1.165) is 64.1 Å². The van der Waals surface area contributed by atoms with E-state index in [9.17, 15) is 4.79 Å². The molecule has 0 N–H and O–H groups in total. The molecule has 0 radical (unpaired) electrons. The Morgan fingerprint density at radius 1 is 1.09 bits per heavy atom. The van der Waals surface area contributed by atoms with Crippen LogP contribution < -0.4 is 5.56 Å². The predicted octanol–water partition coefficient (Wildman–Crippen LogP) is 7.15. The van der Waals surface area contributed by atoms with E-state index in [1.165, 1.54) is 11.1 Å². The van der Waals surface area contributed by atoms with Gasteiger partial charge < -0.3 is 4.57 Å². The molecule has 1 aliphatic rings. The highest BCUT2D eigenvalue weighted by Crippen LogP contribution is 2.32. The number of hydrogen-bond donors (Lipinski definition) is 0. The molecule has 174 valence electrons. The summed E-state index contributed by atoms with van der Waals surface area (Å²) in [6, 6.07) is 15.5. The number of hydrogen-bond acceptors (Lipinski definition) is 3. The predicted molar refractivity (Wildman–Crippen MR) is 143 cm³/mol. The van der Waals surface area contributed by atoms with Crippen molar-refractivity contribution >= 4 is 44.6 Å². The first-order valence-electron chi connectivity index (χ1n) is 11.6. The molecule has 0 unspecified atom stereocenters. The lowest BCUT2D eigenvalue weighted by Gasteiger charge is -2.22. The number of aryl methyl sites for hydroxylation is 1. The summed E-state index contributed by atoms with van der Waals surface area (Å²) in [5, 5.41) is 5.98. The van der Waals surface area contributed by atoms with Crippen molar-refractivity contribution in [3.63, 3.8) is 0 Å². The first kappa shape index (κ1) is 23.1. The lowest BCUT2D eigenvalue weighted by Crippen LogP contribution is -2.25. The first-order valence-corrected chi connectivity index (χ1v) is 12.8. The minimum atomic E-state index is -0.133. The molecule has 2 heterocycles. The van der Waals surface area contributed by atoms with E-state index in [0.29, 0.717) is 10.4 Å². The molecule has 0 amide bonds. The molecule has 0 aliphatic heterocycles. The molecule has 0 bridgehead atoms. The summed E-state index contributed by atoms with van der Waals surface area (Å²) in [6.45, 7) is 4.11. The molecule has 1 saturated carbocycles. The highest BCUT2D eigenvalue weighted by atomic mass is 79.9. The number of benzene rings is 2. The van der Waals surface area contributed by atoms with Crippen LogP contribution in [0.5, 0.6) is 0 Å². The number of halogens is 2. The van der Waals surface area contributed by atoms with E-state index in [1.54, 1.807) is 6.21 Å². The zero-order chi connectivity index (χ0) is 23.8. The standard InChI is InChI=1S/C27H26BrClN4O/c1-17-13-20(18(2)32(17)23-10-6-9-22(29)15-23)16-30-33-26(19-7-4-3-5-8-19)31-25-12-11-21(28)14-24(25)27(33)34/h6,9-16,19H,3-5,7-8H2,1-2H3. The summed E-state index contributed by atoms with van der Waals surface area (Å²) in [6.07, 6.45) is 7.40. The van der Waals surface area contributed by atoms with E-state index in [1.807, 2.05) is 42.5 Å². The lowest BCUT2D eigenvalue weighted by atomic mass is 9.88. The Morgan fingerprint density at radius 3 is 2.65 bits per heavy atom. The van der Waals surface area contributed by atoms with Crippen LogP contribution in [0.4, 0.5) is 0 Å². The number of aromatic nitrogens is 3. The average molecular weight is 538 g/mol. The van der Waals surface area contributed by atoms with Crippen LogP contribution in [0.1, 0.15) is 60.8 Å². The molecule has 2 aromatic heterocycles. The van der Waals surface area contributed by atoms with Crippen LogP contribution in [-0.4, -0.2) is 20.4 Å². The summed E-state index contributed by atoms with van der Waals surface area (Å²) in [4.78, 5) is 18.5. The molecule has 0 spiro atoms. The van der Waals surface area contributed by atoms with Crippen molar-refractivity contribution in [1.29, 1.82) is 0 Å². The Labute approximate surface area is 212 Å². The van der Waals surface area contributed by atoms with Gasteiger partial charge in [0.15, 0.2) is 0 Å². The second kappa shape index (κ2) is 9.51.